The maximum Gasteiger partial charge on any atom is 0.231 e. The highest BCUT2D eigenvalue weighted by atomic mass is 16.7. The van der Waals surface area contributed by atoms with Gasteiger partial charge in [-0.1, -0.05) is 36.4 Å². The maximum absolute atomic E-state index is 13.5. The summed E-state index contributed by atoms with van der Waals surface area (Å²) in [5.41, 5.74) is 2.48. The lowest BCUT2D eigenvalue weighted by atomic mass is 9.77. The van der Waals surface area contributed by atoms with Crippen LogP contribution in [0.4, 0.5) is 0 Å². The number of carbonyl (C=O) groups is 2. The van der Waals surface area contributed by atoms with E-state index in [9.17, 15) is 9.59 Å². The van der Waals surface area contributed by atoms with E-state index in [-0.39, 0.29) is 24.7 Å². The Kier molecular flexibility index (Phi) is 4.48. The SMILES string of the molecule is O=C(NCCc1c[nH]c2ccccc12)[C@H]1[C@H]2C(=O)N(Cc3ccc4c(c3)OCO4)C[C@@]23C=C[C@H]1O3. The molecule has 2 bridgehead atoms. The molecule has 178 valence electrons. The fourth-order valence-corrected chi connectivity index (χ4v) is 6.05. The van der Waals surface area contributed by atoms with Crippen molar-refractivity contribution in [3.63, 3.8) is 0 Å². The minimum Gasteiger partial charge on any atom is -0.454 e. The quantitative estimate of drug-likeness (QED) is 0.539. The number of para-hydroxylation sites is 1. The minimum absolute atomic E-state index is 0.0358. The molecule has 3 aromatic rings. The Morgan fingerprint density at radius 1 is 1.17 bits per heavy atom. The van der Waals surface area contributed by atoms with E-state index in [2.05, 4.69) is 16.4 Å². The predicted octanol–water partition coefficient (Wildman–Crippen LogP) is 2.54. The smallest absolute Gasteiger partial charge is 0.231 e. The van der Waals surface area contributed by atoms with E-state index in [4.69, 9.17) is 14.2 Å². The zero-order chi connectivity index (χ0) is 23.6. The molecule has 0 saturated carbocycles. The number of nitrogens with zero attached hydrogens (tertiary/aromatic N) is 1. The average molecular weight is 472 g/mol. The third-order valence-electron chi connectivity index (χ3n) is 7.66. The van der Waals surface area contributed by atoms with Crippen molar-refractivity contribution in [3.05, 3.63) is 71.9 Å². The number of aromatic nitrogens is 1. The predicted molar refractivity (Wildman–Crippen MR) is 127 cm³/mol. The molecule has 35 heavy (non-hydrogen) atoms. The van der Waals surface area contributed by atoms with Crippen LogP contribution in [-0.2, 0) is 27.3 Å². The number of aromatic amines is 1. The molecule has 2 aromatic carbocycles. The summed E-state index contributed by atoms with van der Waals surface area (Å²) >= 11 is 0. The van der Waals surface area contributed by atoms with Crippen LogP contribution >= 0.6 is 0 Å². The Morgan fingerprint density at radius 2 is 2.06 bits per heavy atom. The van der Waals surface area contributed by atoms with E-state index in [0.717, 1.165) is 22.0 Å². The largest absolute Gasteiger partial charge is 0.454 e. The maximum atomic E-state index is 13.5. The third kappa shape index (κ3) is 3.16. The average Bonchev–Trinajstić information content (AvgIpc) is 3.67. The summed E-state index contributed by atoms with van der Waals surface area (Å²) in [6.45, 7) is 1.59. The monoisotopic (exact) mass is 471 g/mol. The van der Waals surface area contributed by atoms with Crippen LogP contribution in [0.25, 0.3) is 10.9 Å². The number of fused-ring (bicyclic) bond motifs is 3. The number of benzene rings is 2. The van der Waals surface area contributed by atoms with Crippen molar-refractivity contribution < 1.29 is 23.8 Å². The molecule has 2 saturated heterocycles. The molecule has 5 heterocycles. The van der Waals surface area contributed by atoms with E-state index >= 15 is 0 Å². The van der Waals surface area contributed by atoms with Crippen LogP contribution < -0.4 is 14.8 Å². The molecule has 4 atom stereocenters. The van der Waals surface area contributed by atoms with Gasteiger partial charge in [-0.2, -0.15) is 0 Å². The molecule has 1 spiro atoms. The lowest BCUT2D eigenvalue weighted by Gasteiger charge is -2.23. The van der Waals surface area contributed by atoms with Gasteiger partial charge < -0.3 is 29.4 Å². The van der Waals surface area contributed by atoms with Crippen molar-refractivity contribution in [2.24, 2.45) is 11.8 Å². The van der Waals surface area contributed by atoms with Gasteiger partial charge in [-0.3, -0.25) is 9.59 Å². The zero-order valence-corrected chi connectivity index (χ0v) is 19.0. The van der Waals surface area contributed by atoms with Gasteiger partial charge in [-0.25, -0.2) is 0 Å². The van der Waals surface area contributed by atoms with Crippen LogP contribution in [0.3, 0.4) is 0 Å². The molecule has 1 aromatic heterocycles. The van der Waals surface area contributed by atoms with Crippen LogP contribution in [0, 0.1) is 11.8 Å². The summed E-state index contributed by atoms with van der Waals surface area (Å²) in [7, 11) is 0. The van der Waals surface area contributed by atoms with Gasteiger partial charge in [0.15, 0.2) is 11.5 Å². The third-order valence-corrected chi connectivity index (χ3v) is 7.66. The Balaban J connectivity index is 1.04. The molecular formula is C27H25N3O5. The highest BCUT2D eigenvalue weighted by Crippen LogP contribution is 2.52. The molecule has 0 aliphatic carbocycles. The number of nitrogens with one attached hydrogen (secondary N) is 2. The first-order chi connectivity index (χ1) is 17.1. The highest BCUT2D eigenvalue weighted by Gasteiger charge is 2.66. The fourth-order valence-electron chi connectivity index (χ4n) is 6.05. The van der Waals surface area contributed by atoms with Crippen molar-refractivity contribution in [2.75, 3.05) is 19.9 Å². The van der Waals surface area contributed by atoms with Gasteiger partial charge in [0.25, 0.3) is 0 Å². The molecule has 2 N–H and O–H groups in total. The van der Waals surface area contributed by atoms with Gasteiger partial charge in [0.2, 0.25) is 18.6 Å². The second-order valence-corrected chi connectivity index (χ2v) is 9.68. The Hall–Kier alpha value is -3.78. The van der Waals surface area contributed by atoms with Crippen LogP contribution in [0.2, 0.25) is 0 Å². The van der Waals surface area contributed by atoms with Crippen LogP contribution in [0.1, 0.15) is 11.1 Å². The first-order valence-corrected chi connectivity index (χ1v) is 12.0. The number of H-pyrrole nitrogens is 1. The molecule has 7 rings (SSSR count). The van der Waals surface area contributed by atoms with E-state index in [0.29, 0.717) is 37.6 Å². The van der Waals surface area contributed by atoms with Crippen molar-refractivity contribution >= 4 is 22.7 Å². The first-order valence-electron chi connectivity index (χ1n) is 12.0. The Bertz CT molecular complexity index is 1380. The molecule has 0 radical (unpaired) electrons. The number of rotatable bonds is 6. The normalized spacial score (nSPS) is 27.7. The van der Waals surface area contributed by atoms with Crippen molar-refractivity contribution in [2.45, 2.75) is 24.7 Å². The topological polar surface area (TPSA) is 92.9 Å². The summed E-state index contributed by atoms with van der Waals surface area (Å²) < 4.78 is 17.1. The lowest BCUT2D eigenvalue weighted by Crippen LogP contribution is -2.44. The summed E-state index contributed by atoms with van der Waals surface area (Å²) in [6.07, 6.45) is 6.27. The van der Waals surface area contributed by atoms with Crippen LogP contribution in [0.5, 0.6) is 11.5 Å². The van der Waals surface area contributed by atoms with E-state index in [1.807, 2.05) is 54.7 Å². The standard InChI is InChI=1S/C27H25N3O5/c31-25(28-10-8-17-12-29-19-4-2-1-3-18(17)19)23-21-7-9-27(35-21)14-30(26(32)24(23)27)13-16-5-6-20-22(11-16)34-15-33-20/h1-7,9,11-12,21,23-24,29H,8,10,13-15H2,(H,28,31)/t21-,23-,24+,27+/m1/s1. The molecule has 2 fully saturated rings. The Labute approximate surface area is 201 Å². The number of hydrogen-bond acceptors (Lipinski definition) is 5. The number of likely N-dealkylation sites (tertiary alicyclic amines) is 1. The molecule has 0 unspecified atom stereocenters. The molecular weight excluding hydrogens is 446 g/mol. The van der Waals surface area contributed by atoms with Gasteiger partial charge in [-0.15, -0.1) is 0 Å². The second kappa shape index (κ2) is 7.61. The number of hydrogen-bond donors (Lipinski definition) is 2. The van der Waals surface area contributed by atoms with Crippen molar-refractivity contribution in [1.29, 1.82) is 0 Å². The Morgan fingerprint density at radius 3 is 3.00 bits per heavy atom. The fraction of sp³-hybridized carbons (Fsp3) is 0.333. The van der Waals surface area contributed by atoms with Crippen LogP contribution in [0.15, 0.2) is 60.8 Å². The second-order valence-electron chi connectivity index (χ2n) is 9.68. The van der Waals surface area contributed by atoms with Crippen molar-refractivity contribution in [1.82, 2.24) is 15.2 Å². The summed E-state index contributed by atoms with van der Waals surface area (Å²) in [4.78, 5) is 31.8. The van der Waals surface area contributed by atoms with Gasteiger partial charge in [0.1, 0.15) is 5.60 Å². The highest BCUT2D eigenvalue weighted by molar-refractivity contribution is 5.93. The van der Waals surface area contributed by atoms with E-state index < -0.39 is 17.4 Å². The van der Waals surface area contributed by atoms with E-state index in [1.165, 1.54) is 0 Å². The lowest BCUT2D eigenvalue weighted by molar-refractivity contribution is -0.137. The number of ether oxygens (including phenoxy) is 3. The van der Waals surface area contributed by atoms with Gasteiger partial charge in [-0.05, 0) is 35.7 Å². The zero-order valence-electron chi connectivity index (χ0n) is 19.0. The molecule has 2 amide bonds. The first kappa shape index (κ1) is 20.6. The molecule has 4 aliphatic heterocycles. The number of carbonyl (C=O) groups excluding carboxylic acids is 2. The molecule has 8 heteroatoms. The summed E-state index contributed by atoms with van der Waals surface area (Å²) in [5.74, 6) is 0.232. The summed E-state index contributed by atoms with van der Waals surface area (Å²) in [5, 5.41) is 4.23. The van der Waals surface area contributed by atoms with Gasteiger partial charge in [0.05, 0.1) is 24.5 Å². The molecule has 8 nitrogen and oxygen atoms in total. The van der Waals surface area contributed by atoms with Gasteiger partial charge in [0, 0.05) is 30.2 Å². The van der Waals surface area contributed by atoms with Crippen molar-refractivity contribution in [3.8, 4) is 11.5 Å². The summed E-state index contributed by atoms with van der Waals surface area (Å²) in [6, 6.07) is 13.8. The van der Waals surface area contributed by atoms with Gasteiger partial charge >= 0.3 is 0 Å². The number of amides is 2. The van der Waals surface area contributed by atoms with E-state index in [1.54, 1.807) is 4.90 Å². The van der Waals surface area contributed by atoms with Crippen LogP contribution in [-0.4, -0.2) is 53.3 Å². The molecule has 4 aliphatic rings. The minimum atomic E-state index is -0.725.